The number of ether oxygens (including phenoxy) is 1. The lowest BCUT2D eigenvalue weighted by molar-refractivity contribution is 0.241. The fourth-order valence-corrected chi connectivity index (χ4v) is 2.94. The first-order chi connectivity index (χ1) is 10.2. The van der Waals surface area contributed by atoms with Crippen molar-refractivity contribution in [2.75, 3.05) is 20.2 Å². The van der Waals surface area contributed by atoms with Gasteiger partial charge in [-0.3, -0.25) is 9.58 Å². The minimum atomic E-state index is 0.205. The van der Waals surface area contributed by atoms with Crippen LogP contribution in [0.15, 0.2) is 30.6 Å². The Balaban J connectivity index is 1.77. The zero-order chi connectivity index (χ0) is 14.8. The topological polar surface area (TPSA) is 56.3 Å². The van der Waals surface area contributed by atoms with Crippen molar-refractivity contribution >= 4 is 0 Å². The molecule has 1 aromatic carbocycles. The Bertz CT molecular complexity index is 622. The summed E-state index contributed by atoms with van der Waals surface area (Å²) < 4.78 is 7.40. The molecule has 0 bridgehead atoms. The van der Waals surface area contributed by atoms with Crippen LogP contribution in [0.25, 0.3) is 0 Å². The number of hydrogen-bond donors (Lipinski definition) is 1. The zero-order valence-electron chi connectivity index (χ0n) is 12.6. The Kier molecular flexibility index (Phi) is 3.94. The van der Waals surface area contributed by atoms with Crippen LogP contribution in [0.5, 0.6) is 5.75 Å². The number of rotatable bonds is 5. The Morgan fingerprint density at radius 2 is 2.33 bits per heavy atom. The number of nitrogens with zero attached hydrogens (tertiary/aromatic N) is 3. The first-order valence-corrected chi connectivity index (χ1v) is 7.31. The van der Waals surface area contributed by atoms with Crippen molar-refractivity contribution in [1.29, 1.82) is 0 Å². The Hall–Kier alpha value is -1.85. The minimum absolute atomic E-state index is 0.205. The van der Waals surface area contributed by atoms with E-state index in [0.717, 1.165) is 25.3 Å². The predicted octanol–water partition coefficient (Wildman–Crippen LogP) is 1.49. The number of hydrogen-bond acceptors (Lipinski definition) is 4. The number of likely N-dealkylation sites (N-methyl/N-ethyl adjacent to an activating group) is 1. The molecule has 1 aliphatic heterocycles. The predicted molar refractivity (Wildman–Crippen MR) is 82.1 cm³/mol. The molecule has 2 heterocycles. The maximum atomic E-state index is 6.02. The van der Waals surface area contributed by atoms with Crippen LogP contribution in [0, 0.1) is 0 Å². The van der Waals surface area contributed by atoms with E-state index in [-0.39, 0.29) is 6.04 Å². The molecule has 21 heavy (non-hydrogen) atoms. The molecule has 1 aromatic heterocycles. The third kappa shape index (κ3) is 2.94. The van der Waals surface area contributed by atoms with Crippen LogP contribution in [0.4, 0.5) is 0 Å². The molecule has 0 radical (unpaired) electrons. The summed E-state index contributed by atoms with van der Waals surface area (Å²) in [7, 11) is 4.04. The lowest BCUT2D eigenvalue weighted by Gasteiger charge is -2.27. The molecule has 5 nitrogen and oxygen atoms in total. The molecular formula is C16H22N4O. The lowest BCUT2D eigenvalue weighted by Crippen LogP contribution is -2.30. The molecule has 1 unspecified atom stereocenters. The summed E-state index contributed by atoms with van der Waals surface area (Å²) >= 11 is 0. The normalized spacial score (nSPS) is 15.0. The number of aryl methyl sites for hydroxylation is 1. The zero-order valence-corrected chi connectivity index (χ0v) is 12.6. The van der Waals surface area contributed by atoms with Gasteiger partial charge in [-0.15, -0.1) is 0 Å². The van der Waals surface area contributed by atoms with Gasteiger partial charge >= 0.3 is 0 Å². The first kappa shape index (κ1) is 14.1. The molecule has 3 rings (SSSR count). The van der Waals surface area contributed by atoms with E-state index >= 15 is 0 Å². The van der Waals surface area contributed by atoms with Crippen LogP contribution in [0.1, 0.15) is 22.7 Å². The second-order valence-electron chi connectivity index (χ2n) is 5.65. The summed E-state index contributed by atoms with van der Waals surface area (Å²) in [6, 6.07) is 6.63. The maximum absolute atomic E-state index is 6.02. The van der Waals surface area contributed by atoms with Crippen LogP contribution in [-0.2, 0) is 20.0 Å². The summed E-state index contributed by atoms with van der Waals surface area (Å²) in [5.41, 5.74) is 9.76. The summed E-state index contributed by atoms with van der Waals surface area (Å²) in [6.07, 6.45) is 4.94. The molecule has 1 aliphatic rings. The fraction of sp³-hybridized carbons (Fsp3) is 0.438. The van der Waals surface area contributed by atoms with Gasteiger partial charge in [0.15, 0.2) is 0 Å². The van der Waals surface area contributed by atoms with E-state index < -0.39 is 0 Å². The van der Waals surface area contributed by atoms with E-state index in [1.807, 2.05) is 24.1 Å². The van der Waals surface area contributed by atoms with Crippen molar-refractivity contribution < 1.29 is 4.74 Å². The van der Waals surface area contributed by atoms with Crippen molar-refractivity contribution in [2.45, 2.75) is 19.0 Å². The molecule has 112 valence electrons. The molecule has 0 amide bonds. The molecule has 0 fully saturated rings. The summed E-state index contributed by atoms with van der Waals surface area (Å²) in [5, 5.41) is 4.22. The average molecular weight is 286 g/mol. The molecule has 1 atom stereocenters. The van der Waals surface area contributed by atoms with Gasteiger partial charge in [-0.2, -0.15) is 5.10 Å². The molecule has 0 saturated carbocycles. The quantitative estimate of drug-likeness (QED) is 0.904. The Morgan fingerprint density at radius 3 is 3.05 bits per heavy atom. The number of benzene rings is 1. The van der Waals surface area contributed by atoms with Gasteiger partial charge in [0.2, 0.25) is 0 Å². The van der Waals surface area contributed by atoms with Gasteiger partial charge in [-0.05, 0) is 24.2 Å². The highest BCUT2D eigenvalue weighted by Crippen LogP contribution is 2.30. The summed E-state index contributed by atoms with van der Waals surface area (Å²) in [4.78, 5) is 2.27. The molecule has 2 aromatic rings. The highest BCUT2D eigenvalue weighted by Gasteiger charge is 2.19. The SMILES string of the molecule is CN(Cc1cnn(C)c1)C(CN)c1ccc2c(c1)CCO2. The second kappa shape index (κ2) is 5.87. The Morgan fingerprint density at radius 1 is 1.48 bits per heavy atom. The van der Waals surface area contributed by atoms with Gasteiger partial charge in [0, 0.05) is 44.4 Å². The van der Waals surface area contributed by atoms with E-state index in [1.54, 1.807) is 0 Å². The van der Waals surface area contributed by atoms with Crippen LogP contribution in [0.2, 0.25) is 0 Å². The number of nitrogens with two attached hydrogens (primary N) is 1. The van der Waals surface area contributed by atoms with E-state index in [2.05, 4.69) is 35.2 Å². The molecule has 5 heteroatoms. The maximum Gasteiger partial charge on any atom is 0.122 e. The standard InChI is InChI=1S/C16H22N4O/c1-19(10-12-9-18-20(2)11-12)15(8-17)13-3-4-16-14(7-13)5-6-21-16/h3-4,7,9,11,15H,5-6,8,10,17H2,1-2H3. The Labute approximate surface area is 125 Å². The molecule has 0 saturated heterocycles. The van der Waals surface area contributed by atoms with Crippen LogP contribution in [0.3, 0.4) is 0 Å². The van der Waals surface area contributed by atoms with Crippen LogP contribution < -0.4 is 10.5 Å². The minimum Gasteiger partial charge on any atom is -0.493 e. The van der Waals surface area contributed by atoms with Gasteiger partial charge in [0.25, 0.3) is 0 Å². The summed E-state index contributed by atoms with van der Waals surface area (Å²) in [5.74, 6) is 1.02. The highest BCUT2D eigenvalue weighted by atomic mass is 16.5. The first-order valence-electron chi connectivity index (χ1n) is 7.31. The highest BCUT2D eigenvalue weighted by molar-refractivity contribution is 5.41. The third-order valence-electron chi connectivity index (χ3n) is 4.04. The monoisotopic (exact) mass is 286 g/mol. The van der Waals surface area contributed by atoms with Crippen LogP contribution >= 0.6 is 0 Å². The lowest BCUT2D eigenvalue weighted by atomic mass is 10.0. The molecular weight excluding hydrogens is 264 g/mol. The largest absolute Gasteiger partial charge is 0.493 e. The van der Waals surface area contributed by atoms with Crippen molar-refractivity contribution in [2.24, 2.45) is 12.8 Å². The second-order valence-corrected chi connectivity index (χ2v) is 5.65. The smallest absolute Gasteiger partial charge is 0.122 e. The van der Waals surface area contributed by atoms with E-state index in [0.29, 0.717) is 6.54 Å². The van der Waals surface area contributed by atoms with E-state index in [4.69, 9.17) is 10.5 Å². The van der Waals surface area contributed by atoms with Gasteiger partial charge in [0.1, 0.15) is 5.75 Å². The van der Waals surface area contributed by atoms with Gasteiger partial charge < -0.3 is 10.5 Å². The molecule has 2 N–H and O–H groups in total. The van der Waals surface area contributed by atoms with Gasteiger partial charge in [-0.1, -0.05) is 12.1 Å². The number of fused-ring (bicyclic) bond motifs is 1. The average Bonchev–Trinajstić information content (AvgIpc) is 3.08. The van der Waals surface area contributed by atoms with Crippen molar-refractivity contribution in [1.82, 2.24) is 14.7 Å². The molecule has 0 spiro atoms. The molecule has 0 aliphatic carbocycles. The van der Waals surface area contributed by atoms with Gasteiger partial charge in [0.05, 0.1) is 12.8 Å². The summed E-state index contributed by atoms with van der Waals surface area (Å²) in [6.45, 7) is 2.22. The van der Waals surface area contributed by atoms with Gasteiger partial charge in [-0.25, -0.2) is 0 Å². The van der Waals surface area contributed by atoms with E-state index in [9.17, 15) is 0 Å². The van der Waals surface area contributed by atoms with Crippen molar-refractivity contribution in [3.63, 3.8) is 0 Å². The van der Waals surface area contributed by atoms with Crippen molar-refractivity contribution in [3.8, 4) is 5.75 Å². The fourth-order valence-electron chi connectivity index (χ4n) is 2.94. The number of aromatic nitrogens is 2. The van der Waals surface area contributed by atoms with Crippen molar-refractivity contribution in [3.05, 3.63) is 47.3 Å². The third-order valence-corrected chi connectivity index (χ3v) is 4.04. The van der Waals surface area contributed by atoms with E-state index in [1.165, 1.54) is 16.7 Å². The van der Waals surface area contributed by atoms with Crippen LogP contribution in [-0.4, -0.2) is 34.9 Å².